The molecule has 1 fully saturated rings. The van der Waals surface area contributed by atoms with E-state index in [0.29, 0.717) is 24.2 Å². The maximum absolute atomic E-state index is 5.81. The molecule has 3 nitrogen and oxygen atoms in total. The van der Waals surface area contributed by atoms with Gasteiger partial charge in [0.25, 0.3) is 0 Å². The summed E-state index contributed by atoms with van der Waals surface area (Å²) in [4.78, 5) is 2.48. The van der Waals surface area contributed by atoms with E-state index in [1.165, 1.54) is 0 Å². The molecule has 0 aliphatic carbocycles. The van der Waals surface area contributed by atoms with Crippen LogP contribution in [0.15, 0.2) is 0 Å². The molecule has 1 aliphatic heterocycles. The minimum absolute atomic E-state index is 0.339. The fourth-order valence-electron chi connectivity index (χ4n) is 2.33. The van der Waals surface area contributed by atoms with Crippen molar-refractivity contribution < 1.29 is 4.74 Å². The average Bonchev–Trinajstić information content (AvgIpc) is 2.02. The second kappa shape index (κ2) is 5.10. The van der Waals surface area contributed by atoms with Gasteiger partial charge in [0.2, 0.25) is 0 Å². The summed E-state index contributed by atoms with van der Waals surface area (Å²) in [7, 11) is 0. The van der Waals surface area contributed by atoms with Crippen LogP contribution in [-0.4, -0.2) is 42.8 Å². The maximum atomic E-state index is 5.81. The van der Waals surface area contributed by atoms with Gasteiger partial charge in [-0.15, -0.1) is 0 Å². The number of hydrogen-bond donors (Lipinski definition) is 1. The van der Waals surface area contributed by atoms with Gasteiger partial charge in [-0.1, -0.05) is 13.8 Å². The summed E-state index contributed by atoms with van der Waals surface area (Å²) in [6.07, 6.45) is 0.679. The Bertz CT molecular complexity index is 163. The molecule has 1 unspecified atom stereocenters. The predicted molar refractivity (Wildman–Crippen MR) is 59.3 cm³/mol. The third-order valence-electron chi connectivity index (χ3n) is 2.93. The highest BCUT2D eigenvalue weighted by Gasteiger charge is 2.28. The number of hydrogen-bond acceptors (Lipinski definition) is 3. The molecule has 0 amide bonds. The lowest BCUT2D eigenvalue weighted by atomic mass is 10.0. The second-order valence-electron chi connectivity index (χ2n) is 4.76. The Morgan fingerprint density at radius 3 is 2.14 bits per heavy atom. The molecule has 0 aromatic rings. The summed E-state index contributed by atoms with van der Waals surface area (Å²) < 4.78 is 5.71. The van der Waals surface area contributed by atoms with Crippen LogP contribution >= 0.6 is 0 Å². The Morgan fingerprint density at radius 1 is 1.29 bits per heavy atom. The zero-order valence-corrected chi connectivity index (χ0v) is 9.86. The van der Waals surface area contributed by atoms with Crippen LogP contribution in [0.2, 0.25) is 0 Å². The molecule has 14 heavy (non-hydrogen) atoms. The lowest BCUT2D eigenvalue weighted by molar-refractivity contribution is -0.0841. The molecule has 3 atom stereocenters. The number of ether oxygens (including phenoxy) is 1. The standard InChI is InChI=1S/C11H24N2O/c1-8(2)11(5-12)13-6-9(3)14-10(4)7-13/h8-11H,5-7,12H2,1-4H3/t9-,10+,11?. The molecule has 0 radical (unpaired) electrons. The minimum atomic E-state index is 0.339. The van der Waals surface area contributed by atoms with Crippen LogP contribution in [0.25, 0.3) is 0 Å². The van der Waals surface area contributed by atoms with E-state index < -0.39 is 0 Å². The Labute approximate surface area is 87.6 Å². The zero-order chi connectivity index (χ0) is 10.7. The van der Waals surface area contributed by atoms with Crippen molar-refractivity contribution >= 4 is 0 Å². The van der Waals surface area contributed by atoms with E-state index in [-0.39, 0.29) is 0 Å². The van der Waals surface area contributed by atoms with Gasteiger partial charge in [-0.3, -0.25) is 4.90 Å². The highest BCUT2D eigenvalue weighted by Crippen LogP contribution is 2.17. The number of nitrogens with zero attached hydrogens (tertiary/aromatic N) is 1. The van der Waals surface area contributed by atoms with Gasteiger partial charge in [0.1, 0.15) is 0 Å². The van der Waals surface area contributed by atoms with E-state index in [1.807, 2.05) is 0 Å². The van der Waals surface area contributed by atoms with Crippen LogP contribution in [0.4, 0.5) is 0 Å². The fraction of sp³-hybridized carbons (Fsp3) is 1.00. The summed E-state index contributed by atoms with van der Waals surface area (Å²) in [5.74, 6) is 0.623. The zero-order valence-electron chi connectivity index (χ0n) is 9.86. The first-order valence-corrected chi connectivity index (χ1v) is 5.64. The monoisotopic (exact) mass is 200 g/mol. The largest absolute Gasteiger partial charge is 0.373 e. The van der Waals surface area contributed by atoms with Gasteiger partial charge in [-0.05, 0) is 19.8 Å². The number of morpholine rings is 1. The molecular formula is C11H24N2O. The van der Waals surface area contributed by atoms with Crippen molar-refractivity contribution in [3.63, 3.8) is 0 Å². The van der Waals surface area contributed by atoms with Crippen LogP contribution in [-0.2, 0) is 4.74 Å². The van der Waals surface area contributed by atoms with E-state index >= 15 is 0 Å². The van der Waals surface area contributed by atoms with E-state index in [9.17, 15) is 0 Å². The molecule has 2 N–H and O–H groups in total. The van der Waals surface area contributed by atoms with Crippen LogP contribution in [0, 0.1) is 5.92 Å². The average molecular weight is 200 g/mol. The topological polar surface area (TPSA) is 38.5 Å². The van der Waals surface area contributed by atoms with E-state index in [4.69, 9.17) is 10.5 Å². The van der Waals surface area contributed by atoms with Crippen molar-refractivity contribution in [2.24, 2.45) is 11.7 Å². The van der Waals surface area contributed by atoms with Gasteiger partial charge < -0.3 is 10.5 Å². The Balaban J connectivity index is 2.56. The fourth-order valence-corrected chi connectivity index (χ4v) is 2.33. The molecule has 0 bridgehead atoms. The van der Waals surface area contributed by atoms with Crippen molar-refractivity contribution in [3.05, 3.63) is 0 Å². The highest BCUT2D eigenvalue weighted by atomic mass is 16.5. The maximum Gasteiger partial charge on any atom is 0.0678 e. The first-order chi connectivity index (χ1) is 6.54. The molecule has 0 aromatic heterocycles. The lowest BCUT2D eigenvalue weighted by Gasteiger charge is -2.41. The number of nitrogens with two attached hydrogens (primary N) is 1. The predicted octanol–water partition coefficient (Wildman–Crippen LogP) is 1.08. The van der Waals surface area contributed by atoms with Gasteiger partial charge in [0.05, 0.1) is 12.2 Å². The molecular weight excluding hydrogens is 176 g/mol. The van der Waals surface area contributed by atoms with Crippen molar-refractivity contribution in [2.75, 3.05) is 19.6 Å². The molecule has 1 heterocycles. The van der Waals surface area contributed by atoms with Crippen LogP contribution in [0.5, 0.6) is 0 Å². The first kappa shape index (κ1) is 12.0. The Morgan fingerprint density at radius 2 is 1.79 bits per heavy atom. The lowest BCUT2D eigenvalue weighted by Crippen LogP contribution is -2.54. The van der Waals surface area contributed by atoms with Crippen molar-refractivity contribution in [1.29, 1.82) is 0 Å². The summed E-state index contributed by atoms with van der Waals surface area (Å²) in [6.45, 7) is 11.5. The van der Waals surface area contributed by atoms with Crippen LogP contribution in [0.1, 0.15) is 27.7 Å². The first-order valence-electron chi connectivity index (χ1n) is 5.64. The van der Waals surface area contributed by atoms with Gasteiger partial charge in [0.15, 0.2) is 0 Å². The third-order valence-corrected chi connectivity index (χ3v) is 2.93. The van der Waals surface area contributed by atoms with Crippen molar-refractivity contribution in [2.45, 2.75) is 45.9 Å². The Kier molecular flexibility index (Phi) is 4.35. The van der Waals surface area contributed by atoms with E-state index in [2.05, 4.69) is 32.6 Å². The highest BCUT2D eigenvalue weighted by molar-refractivity contribution is 4.82. The summed E-state index contributed by atoms with van der Waals surface area (Å²) in [6, 6.07) is 0.504. The molecule has 0 spiro atoms. The van der Waals surface area contributed by atoms with Crippen molar-refractivity contribution in [3.8, 4) is 0 Å². The SMILES string of the molecule is CC(C)C(CN)N1C[C@@H](C)O[C@@H](C)C1. The second-order valence-corrected chi connectivity index (χ2v) is 4.76. The van der Waals surface area contributed by atoms with Crippen molar-refractivity contribution in [1.82, 2.24) is 4.90 Å². The van der Waals surface area contributed by atoms with Gasteiger partial charge >= 0.3 is 0 Å². The summed E-state index contributed by atoms with van der Waals surface area (Å²) >= 11 is 0. The molecule has 3 heteroatoms. The van der Waals surface area contributed by atoms with Crippen LogP contribution < -0.4 is 5.73 Å². The van der Waals surface area contributed by atoms with Gasteiger partial charge in [-0.2, -0.15) is 0 Å². The smallest absolute Gasteiger partial charge is 0.0678 e. The molecule has 84 valence electrons. The summed E-state index contributed by atoms with van der Waals surface area (Å²) in [5.41, 5.74) is 5.81. The van der Waals surface area contributed by atoms with Gasteiger partial charge in [-0.25, -0.2) is 0 Å². The van der Waals surface area contributed by atoms with Gasteiger partial charge in [0, 0.05) is 25.7 Å². The Hall–Kier alpha value is -0.120. The third kappa shape index (κ3) is 2.94. The molecule has 0 saturated carbocycles. The van der Waals surface area contributed by atoms with Crippen LogP contribution in [0.3, 0.4) is 0 Å². The molecule has 1 saturated heterocycles. The van der Waals surface area contributed by atoms with E-state index in [0.717, 1.165) is 19.6 Å². The molecule has 1 rings (SSSR count). The number of rotatable bonds is 3. The summed E-state index contributed by atoms with van der Waals surface area (Å²) in [5, 5.41) is 0. The van der Waals surface area contributed by atoms with E-state index in [1.54, 1.807) is 0 Å². The molecule has 0 aromatic carbocycles. The quantitative estimate of drug-likeness (QED) is 0.741. The minimum Gasteiger partial charge on any atom is -0.373 e. The molecule has 1 aliphatic rings. The normalized spacial score (nSPS) is 32.1.